The molecule has 21 heavy (non-hydrogen) atoms. The summed E-state index contributed by atoms with van der Waals surface area (Å²) < 4.78 is 37.3. The van der Waals surface area contributed by atoms with Gasteiger partial charge in [-0.25, -0.2) is 0 Å². The fraction of sp³-hybridized carbons (Fsp3) is 0.538. The number of nitrogens with zero attached hydrogens (tertiary/aromatic N) is 2. The Kier molecular flexibility index (Phi) is 6.41. The summed E-state index contributed by atoms with van der Waals surface area (Å²) in [6.07, 6.45) is -2.30. The van der Waals surface area contributed by atoms with E-state index in [2.05, 4.69) is 10.3 Å². The van der Waals surface area contributed by atoms with Crippen LogP contribution in [0.5, 0.6) is 0 Å². The van der Waals surface area contributed by atoms with E-state index in [9.17, 15) is 18.0 Å². The summed E-state index contributed by atoms with van der Waals surface area (Å²) in [4.78, 5) is 16.4. The largest absolute Gasteiger partial charge is 0.406 e. The summed E-state index contributed by atoms with van der Waals surface area (Å²) in [6.45, 7) is 0.288. The van der Waals surface area contributed by atoms with Gasteiger partial charge < -0.3 is 15.3 Å². The van der Waals surface area contributed by atoms with E-state index >= 15 is 0 Å². The third-order valence-electron chi connectivity index (χ3n) is 2.59. The van der Waals surface area contributed by atoms with Crippen LogP contribution in [0.3, 0.4) is 0 Å². The molecule has 0 aromatic carbocycles. The van der Waals surface area contributed by atoms with Gasteiger partial charge in [-0.2, -0.15) is 13.2 Å². The number of aliphatic hydroxyl groups is 1. The maximum Gasteiger partial charge on any atom is 0.406 e. The van der Waals surface area contributed by atoms with Crippen LogP contribution in [0.25, 0.3) is 0 Å². The van der Waals surface area contributed by atoms with Gasteiger partial charge in [0.25, 0.3) is 5.91 Å². The van der Waals surface area contributed by atoms with Crippen molar-refractivity contribution in [3.8, 4) is 0 Å². The molecular weight excluding hydrogens is 287 g/mol. The van der Waals surface area contributed by atoms with Gasteiger partial charge in [-0.1, -0.05) is 6.92 Å². The summed E-state index contributed by atoms with van der Waals surface area (Å²) in [6, 6.07) is 3.03. The van der Waals surface area contributed by atoms with Crippen molar-refractivity contribution in [3.63, 3.8) is 0 Å². The Morgan fingerprint density at radius 1 is 1.48 bits per heavy atom. The Hall–Kier alpha value is -1.83. The molecule has 1 rings (SSSR count). The highest BCUT2D eigenvalue weighted by atomic mass is 19.4. The molecule has 0 aliphatic heterocycles. The van der Waals surface area contributed by atoms with Crippen LogP contribution in [0.2, 0.25) is 0 Å². The summed E-state index contributed by atoms with van der Waals surface area (Å²) >= 11 is 0. The number of aromatic nitrogens is 1. The first kappa shape index (κ1) is 17.2. The lowest BCUT2D eigenvalue weighted by molar-refractivity contribution is -0.141. The third kappa shape index (κ3) is 5.99. The lowest BCUT2D eigenvalue weighted by Crippen LogP contribution is -2.41. The van der Waals surface area contributed by atoms with Crippen LogP contribution in [0, 0.1) is 0 Å². The third-order valence-corrected chi connectivity index (χ3v) is 2.59. The average molecular weight is 305 g/mol. The van der Waals surface area contributed by atoms with Crippen molar-refractivity contribution in [1.82, 2.24) is 9.88 Å². The lowest BCUT2D eigenvalue weighted by Gasteiger charge is -2.22. The lowest BCUT2D eigenvalue weighted by atomic mass is 10.2. The average Bonchev–Trinajstić information content (AvgIpc) is 2.43. The maximum absolute atomic E-state index is 12.4. The molecule has 0 atom stereocenters. The number of anilines is 1. The van der Waals surface area contributed by atoms with Crippen LogP contribution in [-0.4, -0.2) is 53.3 Å². The molecule has 0 fully saturated rings. The highest BCUT2D eigenvalue weighted by Gasteiger charge is 2.33. The van der Waals surface area contributed by atoms with Crippen molar-refractivity contribution < 1.29 is 23.1 Å². The Balaban J connectivity index is 2.87. The minimum absolute atomic E-state index is 0.0891. The number of hydrogen-bond acceptors (Lipinski definition) is 4. The van der Waals surface area contributed by atoms with Gasteiger partial charge in [0.1, 0.15) is 12.2 Å². The van der Waals surface area contributed by atoms with Crippen molar-refractivity contribution in [2.24, 2.45) is 0 Å². The highest BCUT2D eigenvalue weighted by molar-refractivity contribution is 5.93. The smallest absolute Gasteiger partial charge is 0.395 e. The monoisotopic (exact) mass is 305 g/mol. The van der Waals surface area contributed by atoms with E-state index in [4.69, 9.17) is 5.11 Å². The van der Waals surface area contributed by atoms with E-state index in [0.29, 0.717) is 17.1 Å². The zero-order chi connectivity index (χ0) is 15.9. The van der Waals surface area contributed by atoms with E-state index in [0.717, 1.165) is 6.42 Å². The Bertz CT molecular complexity index is 466. The van der Waals surface area contributed by atoms with Crippen molar-refractivity contribution >= 4 is 11.6 Å². The van der Waals surface area contributed by atoms with Crippen LogP contribution in [0.4, 0.5) is 18.9 Å². The van der Waals surface area contributed by atoms with E-state index in [1.807, 2.05) is 6.92 Å². The van der Waals surface area contributed by atoms with Crippen molar-refractivity contribution in [3.05, 3.63) is 24.0 Å². The number of rotatable bonds is 7. The molecule has 1 amide bonds. The van der Waals surface area contributed by atoms with Gasteiger partial charge >= 0.3 is 6.18 Å². The summed E-state index contributed by atoms with van der Waals surface area (Å²) in [7, 11) is 0. The van der Waals surface area contributed by atoms with Gasteiger partial charge in [-0.3, -0.25) is 9.78 Å². The summed E-state index contributed by atoms with van der Waals surface area (Å²) in [5.41, 5.74) is 0.528. The SMILES string of the molecule is CCCNc1ccnc(C(=O)N(CCO)CC(F)(F)F)c1. The predicted molar refractivity (Wildman–Crippen MR) is 72.1 cm³/mol. The van der Waals surface area contributed by atoms with Gasteiger partial charge in [0, 0.05) is 25.0 Å². The molecule has 0 radical (unpaired) electrons. The van der Waals surface area contributed by atoms with E-state index < -0.39 is 31.8 Å². The number of amides is 1. The normalized spacial score (nSPS) is 11.3. The Morgan fingerprint density at radius 3 is 2.76 bits per heavy atom. The summed E-state index contributed by atoms with van der Waals surface area (Å²) in [5, 5.41) is 11.8. The van der Waals surface area contributed by atoms with Crippen LogP contribution in [0.15, 0.2) is 18.3 Å². The number of aliphatic hydroxyl groups excluding tert-OH is 1. The second-order valence-corrected chi connectivity index (χ2v) is 4.42. The van der Waals surface area contributed by atoms with Gasteiger partial charge in [-0.05, 0) is 18.6 Å². The zero-order valence-electron chi connectivity index (χ0n) is 11.7. The molecule has 0 bridgehead atoms. The number of nitrogens with one attached hydrogen (secondary N) is 1. The second-order valence-electron chi connectivity index (χ2n) is 4.42. The van der Waals surface area contributed by atoms with Crippen molar-refractivity contribution in [2.45, 2.75) is 19.5 Å². The topological polar surface area (TPSA) is 65.5 Å². The molecule has 0 saturated carbocycles. The quantitative estimate of drug-likeness (QED) is 0.807. The van der Waals surface area contributed by atoms with Crippen LogP contribution < -0.4 is 5.32 Å². The van der Waals surface area contributed by atoms with E-state index in [1.54, 1.807) is 6.07 Å². The summed E-state index contributed by atoms with van der Waals surface area (Å²) in [5.74, 6) is -0.860. The highest BCUT2D eigenvalue weighted by Crippen LogP contribution is 2.18. The molecule has 0 aliphatic carbocycles. The number of carbonyl (C=O) groups excluding carboxylic acids is 1. The van der Waals surface area contributed by atoms with E-state index in [-0.39, 0.29) is 5.69 Å². The first-order valence-electron chi connectivity index (χ1n) is 6.54. The molecule has 0 spiro atoms. The fourth-order valence-corrected chi connectivity index (χ4v) is 1.68. The molecule has 0 unspecified atom stereocenters. The van der Waals surface area contributed by atoms with Crippen LogP contribution in [-0.2, 0) is 0 Å². The number of halogens is 3. The molecule has 1 aromatic heterocycles. The minimum atomic E-state index is -4.52. The van der Waals surface area contributed by atoms with Crippen LogP contribution >= 0.6 is 0 Å². The Morgan fingerprint density at radius 2 is 2.19 bits per heavy atom. The van der Waals surface area contributed by atoms with Crippen LogP contribution in [0.1, 0.15) is 23.8 Å². The number of hydrogen-bond donors (Lipinski definition) is 2. The van der Waals surface area contributed by atoms with Gasteiger partial charge in [0.2, 0.25) is 0 Å². The van der Waals surface area contributed by atoms with Gasteiger partial charge in [-0.15, -0.1) is 0 Å². The van der Waals surface area contributed by atoms with Crippen molar-refractivity contribution in [1.29, 1.82) is 0 Å². The molecule has 118 valence electrons. The molecular formula is C13H18F3N3O2. The van der Waals surface area contributed by atoms with Gasteiger partial charge in [0.15, 0.2) is 0 Å². The Labute approximate surface area is 120 Å². The standard InChI is InChI=1S/C13H18F3N3O2/c1-2-4-17-10-3-5-18-11(8-10)12(21)19(6-7-20)9-13(14,15)16/h3,5,8,20H,2,4,6-7,9H2,1H3,(H,17,18). The van der Waals surface area contributed by atoms with Gasteiger partial charge in [0.05, 0.1) is 6.61 Å². The van der Waals surface area contributed by atoms with E-state index in [1.165, 1.54) is 12.3 Å². The predicted octanol–water partition coefficient (Wildman–Crippen LogP) is 1.90. The number of alkyl halides is 3. The zero-order valence-corrected chi connectivity index (χ0v) is 11.7. The fourth-order valence-electron chi connectivity index (χ4n) is 1.68. The molecule has 2 N–H and O–H groups in total. The molecule has 1 heterocycles. The molecule has 8 heteroatoms. The maximum atomic E-state index is 12.4. The molecule has 0 aliphatic rings. The minimum Gasteiger partial charge on any atom is -0.395 e. The first-order chi connectivity index (χ1) is 9.87. The molecule has 5 nitrogen and oxygen atoms in total. The molecule has 0 saturated heterocycles. The first-order valence-corrected chi connectivity index (χ1v) is 6.54. The number of carbonyl (C=O) groups is 1. The number of pyridine rings is 1. The van der Waals surface area contributed by atoms with Crippen molar-refractivity contribution in [2.75, 3.05) is 31.6 Å². The molecule has 1 aromatic rings. The second kappa shape index (κ2) is 7.82.